The van der Waals surface area contributed by atoms with Gasteiger partial charge in [0.2, 0.25) is 5.76 Å². The van der Waals surface area contributed by atoms with Crippen LogP contribution in [-0.2, 0) is 4.74 Å². The van der Waals surface area contributed by atoms with Gasteiger partial charge in [0, 0.05) is 5.56 Å². The number of benzene rings is 1. The van der Waals surface area contributed by atoms with Crippen molar-refractivity contribution in [1.82, 2.24) is 0 Å². The van der Waals surface area contributed by atoms with E-state index in [1.54, 1.807) is 6.07 Å². The van der Waals surface area contributed by atoms with Crippen LogP contribution in [0.2, 0.25) is 0 Å². The zero-order chi connectivity index (χ0) is 14.0. The number of rotatable bonds is 3. The molecule has 0 aliphatic heterocycles. The van der Waals surface area contributed by atoms with Crippen molar-refractivity contribution in [3.05, 3.63) is 57.7 Å². The Labute approximate surface area is 116 Å². The minimum atomic E-state index is -1.30. The van der Waals surface area contributed by atoms with Crippen molar-refractivity contribution < 1.29 is 23.4 Å². The van der Waals surface area contributed by atoms with Crippen molar-refractivity contribution >= 4 is 21.9 Å². The van der Waals surface area contributed by atoms with E-state index < -0.39 is 17.9 Å². The maximum absolute atomic E-state index is 13.8. The number of aliphatic hydroxyl groups excluding tert-OH is 1. The molecule has 0 aliphatic rings. The first-order valence-electron chi connectivity index (χ1n) is 5.34. The number of aliphatic hydroxyl groups is 1. The normalized spacial score (nSPS) is 12.2. The Morgan fingerprint density at radius 1 is 1.42 bits per heavy atom. The van der Waals surface area contributed by atoms with Gasteiger partial charge >= 0.3 is 5.97 Å². The summed E-state index contributed by atoms with van der Waals surface area (Å²) in [5.74, 6) is -1.22. The highest BCUT2D eigenvalue weighted by Crippen LogP contribution is 2.29. The van der Waals surface area contributed by atoms with Gasteiger partial charge in [-0.3, -0.25) is 0 Å². The van der Waals surface area contributed by atoms with E-state index in [1.165, 1.54) is 31.4 Å². The van der Waals surface area contributed by atoms with Crippen LogP contribution in [0, 0.1) is 5.82 Å². The van der Waals surface area contributed by atoms with E-state index in [0.717, 1.165) is 0 Å². The molecule has 0 saturated heterocycles. The minimum Gasteiger partial charge on any atom is -0.463 e. The molecule has 0 amide bonds. The summed E-state index contributed by atoms with van der Waals surface area (Å²) in [6, 6.07) is 7.31. The summed E-state index contributed by atoms with van der Waals surface area (Å²) >= 11 is 3.04. The summed E-state index contributed by atoms with van der Waals surface area (Å²) in [5.41, 5.74) is 0.0557. The second-order valence-electron chi connectivity index (χ2n) is 3.74. The number of halogens is 2. The van der Waals surface area contributed by atoms with Gasteiger partial charge in [0.05, 0.1) is 11.6 Å². The molecule has 1 aromatic carbocycles. The third-order valence-corrected chi connectivity index (χ3v) is 3.17. The molecule has 19 heavy (non-hydrogen) atoms. The van der Waals surface area contributed by atoms with E-state index in [0.29, 0.717) is 0 Å². The van der Waals surface area contributed by atoms with Crippen LogP contribution >= 0.6 is 15.9 Å². The van der Waals surface area contributed by atoms with Crippen LogP contribution in [0.3, 0.4) is 0 Å². The molecule has 2 rings (SSSR count). The van der Waals surface area contributed by atoms with Crippen LogP contribution in [0.25, 0.3) is 0 Å². The lowest BCUT2D eigenvalue weighted by Crippen LogP contribution is -2.02. The van der Waals surface area contributed by atoms with Crippen molar-refractivity contribution in [2.45, 2.75) is 6.10 Å². The van der Waals surface area contributed by atoms with Gasteiger partial charge in [0.15, 0.2) is 0 Å². The van der Waals surface area contributed by atoms with E-state index in [2.05, 4.69) is 20.7 Å². The van der Waals surface area contributed by atoms with Gasteiger partial charge in [-0.25, -0.2) is 9.18 Å². The summed E-state index contributed by atoms with van der Waals surface area (Å²) in [4.78, 5) is 11.2. The number of ether oxygens (including phenoxy) is 1. The molecule has 1 unspecified atom stereocenters. The lowest BCUT2D eigenvalue weighted by molar-refractivity contribution is 0.0558. The van der Waals surface area contributed by atoms with E-state index in [4.69, 9.17) is 4.42 Å². The third kappa shape index (κ3) is 2.69. The van der Waals surface area contributed by atoms with E-state index >= 15 is 0 Å². The van der Waals surface area contributed by atoms with Gasteiger partial charge in [-0.1, -0.05) is 12.1 Å². The van der Waals surface area contributed by atoms with Crippen LogP contribution < -0.4 is 0 Å². The Morgan fingerprint density at radius 3 is 2.84 bits per heavy atom. The zero-order valence-corrected chi connectivity index (χ0v) is 11.5. The molecule has 1 atom stereocenters. The molecule has 1 heterocycles. The summed E-state index contributed by atoms with van der Waals surface area (Å²) < 4.78 is 23.7. The quantitative estimate of drug-likeness (QED) is 0.880. The Balaban J connectivity index is 2.34. The molecule has 100 valence electrons. The van der Waals surface area contributed by atoms with Gasteiger partial charge in [0.1, 0.15) is 17.7 Å². The highest BCUT2D eigenvalue weighted by Gasteiger charge is 2.21. The summed E-state index contributed by atoms with van der Waals surface area (Å²) in [7, 11) is 1.22. The van der Waals surface area contributed by atoms with Crippen molar-refractivity contribution in [2.24, 2.45) is 0 Å². The summed E-state index contributed by atoms with van der Waals surface area (Å²) in [6.45, 7) is 0. The van der Waals surface area contributed by atoms with Crippen LogP contribution in [0.4, 0.5) is 4.39 Å². The monoisotopic (exact) mass is 328 g/mol. The first-order chi connectivity index (χ1) is 9.04. The van der Waals surface area contributed by atoms with Gasteiger partial charge in [-0.15, -0.1) is 0 Å². The zero-order valence-electron chi connectivity index (χ0n) is 9.89. The maximum atomic E-state index is 13.8. The molecule has 1 N–H and O–H groups in total. The lowest BCUT2D eigenvalue weighted by Gasteiger charge is -2.10. The third-order valence-electron chi connectivity index (χ3n) is 2.56. The van der Waals surface area contributed by atoms with Gasteiger partial charge in [0.25, 0.3) is 0 Å². The topological polar surface area (TPSA) is 59.7 Å². The van der Waals surface area contributed by atoms with E-state index in [1.807, 2.05) is 0 Å². The standard InChI is InChI=1S/C13H10BrFO4/c1-18-13(17)10-6-5-9(19-10)12(16)7-3-2-4-8(14)11(7)15/h2-6,12,16H,1H3. The Bertz CT molecular complexity index is 608. The molecule has 0 fully saturated rings. The van der Waals surface area contributed by atoms with Gasteiger partial charge in [-0.05, 0) is 34.1 Å². The smallest absolute Gasteiger partial charge is 0.373 e. The van der Waals surface area contributed by atoms with Crippen LogP contribution in [0.5, 0.6) is 0 Å². The fraction of sp³-hybridized carbons (Fsp3) is 0.154. The number of hydrogen-bond donors (Lipinski definition) is 1. The fourth-order valence-corrected chi connectivity index (χ4v) is 1.98. The number of furan rings is 1. The molecule has 0 spiro atoms. The Hall–Kier alpha value is -1.66. The Morgan fingerprint density at radius 2 is 2.16 bits per heavy atom. The lowest BCUT2D eigenvalue weighted by atomic mass is 10.1. The largest absolute Gasteiger partial charge is 0.463 e. The van der Waals surface area contributed by atoms with Crippen LogP contribution in [0.1, 0.15) is 28.0 Å². The maximum Gasteiger partial charge on any atom is 0.373 e. The Kier molecular flexibility index (Phi) is 4.01. The molecule has 2 aromatic rings. The predicted molar refractivity (Wildman–Crippen MR) is 68.2 cm³/mol. The summed E-state index contributed by atoms with van der Waals surface area (Å²) in [6.07, 6.45) is -1.30. The minimum absolute atomic E-state index is 0.0491. The molecule has 0 radical (unpaired) electrons. The molecular weight excluding hydrogens is 319 g/mol. The van der Waals surface area contributed by atoms with Crippen LogP contribution in [-0.4, -0.2) is 18.2 Å². The van der Waals surface area contributed by atoms with Gasteiger partial charge < -0.3 is 14.3 Å². The fourth-order valence-electron chi connectivity index (χ4n) is 1.60. The number of carbonyl (C=O) groups excluding carboxylic acids is 1. The van der Waals surface area contributed by atoms with E-state index in [9.17, 15) is 14.3 Å². The molecule has 4 nitrogen and oxygen atoms in total. The number of esters is 1. The number of hydrogen-bond acceptors (Lipinski definition) is 4. The van der Waals surface area contributed by atoms with Crippen LogP contribution in [0.15, 0.2) is 39.2 Å². The number of methoxy groups -OCH3 is 1. The highest BCUT2D eigenvalue weighted by atomic mass is 79.9. The number of carbonyl (C=O) groups is 1. The molecule has 6 heteroatoms. The predicted octanol–water partition coefficient (Wildman–Crippen LogP) is 3.05. The molecular formula is C13H10BrFO4. The molecule has 0 bridgehead atoms. The highest BCUT2D eigenvalue weighted by molar-refractivity contribution is 9.10. The second-order valence-corrected chi connectivity index (χ2v) is 4.59. The first-order valence-corrected chi connectivity index (χ1v) is 6.14. The van der Waals surface area contributed by atoms with Crippen molar-refractivity contribution in [1.29, 1.82) is 0 Å². The van der Waals surface area contributed by atoms with E-state index in [-0.39, 0.29) is 21.6 Å². The first kappa shape index (κ1) is 13.8. The van der Waals surface area contributed by atoms with Crippen molar-refractivity contribution in [3.63, 3.8) is 0 Å². The average molecular weight is 329 g/mol. The average Bonchev–Trinajstić information content (AvgIpc) is 2.90. The second kappa shape index (κ2) is 5.54. The molecule has 1 aromatic heterocycles. The summed E-state index contributed by atoms with van der Waals surface area (Å²) in [5, 5.41) is 10.1. The van der Waals surface area contributed by atoms with Gasteiger partial charge in [-0.2, -0.15) is 0 Å². The molecule has 0 aliphatic carbocycles. The van der Waals surface area contributed by atoms with Crippen molar-refractivity contribution in [3.8, 4) is 0 Å². The SMILES string of the molecule is COC(=O)c1ccc(C(O)c2cccc(Br)c2F)o1. The molecule has 0 saturated carbocycles. The van der Waals surface area contributed by atoms with Crippen molar-refractivity contribution in [2.75, 3.05) is 7.11 Å².